The zero-order valence-electron chi connectivity index (χ0n) is 9.76. The fourth-order valence-electron chi connectivity index (χ4n) is 1.04. The average Bonchev–Trinajstić information content (AvgIpc) is 2.14. The van der Waals surface area contributed by atoms with Crippen molar-refractivity contribution in [1.29, 1.82) is 0 Å². The second-order valence-electron chi connectivity index (χ2n) is 3.81. The highest BCUT2D eigenvalue weighted by atomic mass is 16.2. The number of rotatable bonds is 7. The first-order valence-electron chi connectivity index (χ1n) is 5.20. The molecule has 0 aromatic rings. The van der Waals surface area contributed by atoms with Gasteiger partial charge in [0.1, 0.15) is 0 Å². The molecule has 0 saturated heterocycles. The molecule has 0 atom stereocenters. The standard InChI is InChI=1S/C10H23N3O/c1-9(2)12-8-10(14)13(4)7-5-6-11-3/h9,11-12H,5-8H2,1-4H3. The molecule has 0 aliphatic carbocycles. The van der Waals surface area contributed by atoms with E-state index in [1.54, 1.807) is 4.90 Å². The number of nitrogens with zero attached hydrogens (tertiary/aromatic N) is 1. The lowest BCUT2D eigenvalue weighted by atomic mass is 10.3. The van der Waals surface area contributed by atoms with E-state index in [4.69, 9.17) is 0 Å². The summed E-state index contributed by atoms with van der Waals surface area (Å²) >= 11 is 0. The zero-order valence-corrected chi connectivity index (χ0v) is 9.76. The topological polar surface area (TPSA) is 44.4 Å². The largest absolute Gasteiger partial charge is 0.345 e. The van der Waals surface area contributed by atoms with Crippen molar-refractivity contribution in [2.45, 2.75) is 26.3 Å². The van der Waals surface area contributed by atoms with Crippen LogP contribution in [0.5, 0.6) is 0 Å². The number of carbonyl (C=O) groups excluding carboxylic acids is 1. The highest BCUT2D eigenvalue weighted by molar-refractivity contribution is 5.77. The first kappa shape index (κ1) is 13.4. The summed E-state index contributed by atoms with van der Waals surface area (Å²) in [6, 6.07) is 0.365. The summed E-state index contributed by atoms with van der Waals surface area (Å²) in [5, 5.41) is 6.17. The van der Waals surface area contributed by atoms with Crippen LogP contribution in [0.3, 0.4) is 0 Å². The van der Waals surface area contributed by atoms with E-state index in [1.807, 2.05) is 27.9 Å². The minimum absolute atomic E-state index is 0.162. The Bertz CT molecular complexity index is 159. The van der Waals surface area contributed by atoms with E-state index in [9.17, 15) is 4.79 Å². The van der Waals surface area contributed by atoms with Gasteiger partial charge in [0, 0.05) is 19.6 Å². The molecule has 14 heavy (non-hydrogen) atoms. The highest BCUT2D eigenvalue weighted by Crippen LogP contribution is 1.88. The molecule has 0 aromatic heterocycles. The second kappa shape index (κ2) is 7.76. The van der Waals surface area contributed by atoms with Gasteiger partial charge in [-0.05, 0) is 20.0 Å². The Hall–Kier alpha value is -0.610. The predicted molar refractivity (Wildman–Crippen MR) is 59.3 cm³/mol. The lowest BCUT2D eigenvalue weighted by Gasteiger charge is -2.18. The lowest BCUT2D eigenvalue weighted by molar-refractivity contribution is -0.129. The van der Waals surface area contributed by atoms with E-state index in [0.29, 0.717) is 12.6 Å². The lowest BCUT2D eigenvalue weighted by Crippen LogP contribution is -2.39. The molecule has 0 aliphatic heterocycles. The van der Waals surface area contributed by atoms with Crippen molar-refractivity contribution >= 4 is 5.91 Å². The van der Waals surface area contributed by atoms with Gasteiger partial charge < -0.3 is 15.5 Å². The smallest absolute Gasteiger partial charge is 0.236 e. The molecular formula is C10H23N3O. The molecule has 0 aliphatic rings. The highest BCUT2D eigenvalue weighted by Gasteiger charge is 2.07. The molecule has 0 bridgehead atoms. The van der Waals surface area contributed by atoms with Crippen molar-refractivity contribution in [3.05, 3.63) is 0 Å². The minimum atomic E-state index is 0.162. The van der Waals surface area contributed by atoms with Crippen molar-refractivity contribution in [2.24, 2.45) is 0 Å². The van der Waals surface area contributed by atoms with Crippen molar-refractivity contribution in [2.75, 3.05) is 33.7 Å². The molecule has 0 aromatic carbocycles. The van der Waals surface area contributed by atoms with Gasteiger partial charge in [0.05, 0.1) is 6.54 Å². The third kappa shape index (κ3) is 6.86. The van der Waals surface area contributed by atoms with Crippen LogP contribution in [0.4, 0.5) is 0 Å². The van der Waals surface area contributed by atoms with E-state index in [1.165, 1.54) is 0 Å². The van der Waals surface area contributed by atoms with Crippen molar-refractivity contribution in [3.63, 3.8) is 0 Å². The summed E-state index contributed by atoms with van der Waals surface area (Å²) in [4.78, 5) is 13.3. The summed E-state index contributed by atoms with van der Waals surface area (Å²) in [5.41, 5.74) is 0. The molecule has 4 nitrogen and oxygen atoms in total. The van der Waals surface area contributed by atoms with Gasteiger partial charge in [0.2, 0.25) is 5.91 Å². The summed E-state index contributed by atoms with van der Waals surface area (Å²) in [6.07, 6.45) is 1.00. The fraction of sp³-hybridized carbons (Fsp3) is 0.900. The maximum Gasteiger partial charge on any atom is 0.236 e. The van der Waals surface area contributed by atoms with Crippen LogP contribution >= 0.6 is 0 Å². The van der Waals surface area contributed by atoms with Gasteiger partial charge >= 0.3 is 0 Å². The summed E-state index contributed by atoms with van der Waals surface area (Å²) in [7, 11) is 3.77. The summed E-state index contributed by atoms with van der Waals surface area (Å²) < 4.78 is 0. The Morgan fingerprint density at radius 3 is 2.57 bits per heavy atom. The predicted octanol–water partition coefficient (Wildman–Crippen LogP) is 0.0523. The molecule has 0 heterocycles. The first-order valence-corrected chi connectivity index (χ1v) is 5.20. The fourth-order valence-corrected chi connectivity index (χ4v) is 1.04. The minimum Gasteiger partial charge on any atom is -0.345 e. The number of nitrogens with one attached hydrogen (secondary N) is 2. The molecule has 0 radical (unpaired) electrons. The van der Waals surface area contributed by atoms with Gasteiger partial charge in [-0.1, -0.05) is 13.8 Å². The molecule has 0 spiro atoms. The zero-order chi connectivity index (χ0) is 11.0. The molecule has 1 amide bonds. The van der Waals surface area contributed by atoms with Crippen LogP contribution in [0, 0.1) is 0 Å². The van der Waals surface area contributed by atoms with Crippen molar-refractivity contribution < 1.29 is 4.79 Å². The van der Waals surface area contributed by atoms with Crippen molar-refractivity contribution in [1.82, 2.24) is 15.5 Å². The Morgan fingerprint density at radius 1 is 1.43 bits per heavy atom. The van der Waals surface area contributed by atoms with Crippen LogP contribution in [0.1, 0.15) is 20.3 Å². The molecular weight excluding hydrogens is 178 g/mol. The van der Waals surface area contributed by atoms with Crippen LogP contribution < -0.4 is 10.6 Å². The molecule has 0 rings (SSSR count). The number of likely N-dealkylation sites (N-methyl/N-ethyl adjacent to an activating group) is 1. The Morgan fingerprint density at radius 2 is 2.07 bits per heavy atom. The van der Waals surface area contributed by atoms with E-state index in [0.717, 1.165) is 19.5 Å². The van der Waals surface area contributed by atoms with Gasteiger partial charge in [-0.15, -0.1) is 0 Å². The molecule has 84 valence electrons. The Kier molecular flexibility index (Phi) is 7.42. The number of carbonyl (C=O) groups is 1. The van der Waals surface area contributed by atoms with E-state index in [-0.39, 0.29) is 5.91 Å². The second-order valence-corrected chi connectivity index (χ2v) is 3.81. The van der Waals surface area contributed by atoms with Gasteiger partial charge in [-0.2, -0.15) is 0 Å². The third-order valence-electron chi connectivity index (χ3n) is 2.01. The Balaban J connectivity index is 3.54. The summed E-state index contributed by atoms with van der Waals surface area (Å²) in [5.74, 6) is 0.162. The SMILES string of the molecule is CNCCCN(C)C(=O)CNC(C)C. The Labute approximate surface area is 87.0 Å². The quantitative estimate of drug-likeness (QED) is 0.572. The van der Waals surface area contributed by atoms with Crippen LogP contribution in [0.2, 0.25) is 0 Å². The van der Waals surface area contributed by atoms with Crippen LogP contribution in [-0.2, 0) is 4.79 Å². The molecule has 0 fully saturated rings. The number of hydrogen-bond acceptors (Lipinski definition) is 3. The summed E-state index contributed by atoms with van der Waals surface area (Å²) in [6.45, 7) is 6.28. The normalized spacial score (nSPS) is 10.6. The van der Waals surface area contributed by atoms with Gasteiger partial charge in [-0.25, -0.2) is 0 Å². The molecule has 2 N–H and O–H groups in total. The van der Waals surface area contributed by atoms with Crippen LogP contribution in [0.15, 0.2) is 0 Å². The number of amides is 1. The number of hydrogen-bond donors (Lipinski definition) is 2. The molecule has 0 unspecified atom stereocenters. The average molecular weight is 201 g/mol. The first-order chi connectivity index (χ1) is 6.57. The van der Waals surface area contributed by atoms with Gasteiger partial charge in [0.25, 0.3) is 0 Å². The van der Waals surface area contributed by atoms with E-state index < -0.39 is 0 Å². The van der Waals surface area contributed by atoms with Gasteiger partial charge in [0.15, 0.2) is 0 Å². The monoisotopic (exact) mass is 201 g/mol. The van der Waals surface area contributed by atoms with Crippen LogP contribution in [-0.4, -0.2) is 50.6 Å². The third-order valence-corrected chi connectivity index (χ3v) is 2.01. The molecule has 0 saturated carbocycles. The van der Waals surface area contributed by atoms with Crippen LogP contribution in [0.25, 0.3) is 0 Å². The maximum absolute atomic E-state index is 11.5. The van der Waals surface area contributed by atoms with Gasteiger partial charge in [-0.3, -0.25) is 4.79 Å². The van der Waals surface area contributed by atoms with Crippen molar-refractivity contribution in [3.8, 4) is 0 Å². The maximum atomic E-state index is 11.5. The van der Waals surface area contributed by atoms with E-state index in [2.05, 4.69) is 10.6 Å². The molecule has 4 heteroatoms. The van der Waals surface area contributed by atoms with E-state index >= 15 is 0 Å².